The molecule has 5 heteroatoms. The molecular weight excluding hydrogens is 378 g/mol. The zero-order chi connectivity index (χ0) is 15.9. The third kappa shape index (κ3) is 5.65. The molecule has 1 unspecified atom stereocenters. The molecule has 3 nitrogen and oxygen atoms in total. The minimum absolute atomic E-state index is 0. The molecule has 0 amide bonds. The molecule has 1 N–H and O–H groups in total. The summed E-state index contributed by atoms with van der Waals surface area (Å²) in [7, 11) is 0. The Labute approximate surface area is 152 Å². The van der Waals surface area contributed by atoms with Crippen LogP contribution < -0.4 is 5.32 Å². The van der Waals surface area contributed by atoms with Gasteiger partial charge in [-0.3, -0.25) is 0 Å². The lowest BCUT2D eigenvalue weighted by atomic mass is 10.1. The smallest absolute Gasteiger partial charge is 0.338 e. The number of hydrogen-bond donors (Lipinski definition) is 1. The fourth-order valence-electron chi connectivity index (χ4n) is 2.24. The Hall–Kier alpha value is -1.36. The molecule has 0 aliphatic rings. The van der Waals surface area contributed by atoms with Crippen LogP contribution >= 0.6 is 28.3 Å². The van der Waals surface area contributed by atoms with Gasteiger partial charge in [0.05, 0.1) is 12.2 Å². The Bertz CT molecular complexity index is 648. The lowest BCUT2D eigenvalue weighted by molar-refractivity contribution is 0.0525. The van der Waals surface area contributed by atoms with E-state index in [2.05, 4.69) is 40.3 Å². The molecule has 0 spiro atoms. The van der Waals surface area contributed by atoms with E-state index in [-0.39, 0.29) is 24.4 Å². The van der Waals surface area contributed by atoms with Crippen molar-refractivity contribution in [1.82, 2.24) is 5.32 Å². The number of esters is 1. The van der Waals surface area contributed by atoms with Gasteiger partial charge < -0.3 is 10.1 Å². The average molecular weight is 399 g/mol. The summed E-state index contributed by atoms with van der Waals surface area (Å²) in [6.07, 6.45) is 0. The summed E-state index contributed by atoms with van der Waals surface area (Å²) in [6, 6.07) is 15.9. The van der Waals surface area contributed by atoms with Crippen molar-refractivity contribution >= 4 is 34.3 Å². The van der Waals surface area contributed by atoms with E-state index in [0.717, 1.165) is 10.0 Å². The Morgan fingerprint density at radius 1 is 1.22 bits per heavy atom. The van der Waals surface area contributed by atoms with Crippen LogP contribution in [0.3, 0.4) is 0 Å². The number of carbonyl (C=O) groups is 1. The van der Waals surface area contributed by atoms with Crippen LogP contribution in [0.4, 0.5) is 0 Å². The normalized spacial score (nSPS) is 11.4. The Morgan fingerprint density at radius 2 is 1.96 bits per heavy atom. The second-order valence-electron chi connectivity index (χ2n) is 5.04. The molecule has 0 fully saturated rings. The summed E-state index contributed by atoms with van der Waals surface area (Å²) in [6.45, 7) is 4.92. The highest BCUT2D eigenvalue weighted by Crippen LogP contribution is 2.19. The van der Waals surface area contributed by atoms with Gasteiger partial charge in [-0.1, -0.05) is 46.3 Å². The van der Waals surface area contributed by atoms with Crippen LogP contribution in [0.25, 0.3) is 0 Å². The molecule has 124 valence electrons. The fourth-order valence-corrected chi connectivity index (χ4v) is 2.66. The van der Waals surface area contributed by atoms with Gasteiger partial charge in [0.2, 0.25) is 0 Å². The van der Waals surface area contributed by atoms with Crippen LogP contribution in [0.5, 0.6) is 0 Å². The van der Waals surface area contributed by atoms with Gasteiger partial charge in [0.15, 0.2) is 0 Å². The molecule has 2 rings (SSSR count). The van der Waals surface area contributed by atoms with E-state index in [0.29, 0.717) is 18.7 Å². The summed E-state index contributed by atoms with van der Waals surface area (Å²) in [5.41, 5.74) is 2.77. The quantitative estimate of drug-likeness (QED) is 0.703. The minimum Gasteiger partial charge on any atom is -0.462 e. The minimum atomic E-state index is -0.269. The van der Waals surface area contributed by atoms with Gasteiger partial charge in [0.1, 0.15) is 0 Å². The first-order valence-electron chi connectivity index (χ1n) is 7.35. The number of benzene rings is 2. The van der Waals surface area contributed by atoms with Crippen LogP contribution in [0.1, 0.15) is 41.4 Å². The number of nitrogens with one attached hydrogen (secondary N) is 1. The highest BCUT2D eigenvalue weighted by Gasteiger charge is 2.12. The summed E-state index contributed by atoms with van der Waals surface area (Å²) < 4.78 is 6.16. The number of rotatable bonds is 6. The molecule has 0 aliphatic heterocycles. The number of hydrogen-bond acceptors (Lipinski definition) is 3. The first-order chi connectivity index (χ1) is 10.6. The SMILES string of the molecule is CCOC(=O)c1ccccc1CNC(C)c1cccc(Br)c1.Cl. The number of ether oxygens (including phenoxy) is 1. The zero-order valence-electron chi connectivity index (χ0n) is 13.2. The topological polar surface area (TPSA) is 38.3 Å². The van der Waals surface area contributed by atoms with Gasteiger partial charge in [0.25, 0.3) is 0 Å². The second kappa shape index (κ2) is 9.71. The predicted molar refractivity (Wildman–Crippen MR) is 99.0 cm³/mol. The summed E-state index contributed by atoms with van der Waals surface area (Å²) in [5, 5.41) is 3.45. The summed E-state index contributed by atoms with van der Waals surface area (Å²) in [5.74, 6) is -0.269. The molecule has 0 aromatic heterocycles. The standard InChI is InChI=1S/C18H20BrNO2.ClH/c1-3-22-18(21)17-10-5-4-7-15(17)12-20-13(2)14-8-6-9-16(19)11-14;/h4-11,13,20H,3,12H2,1-2H3;1H. The van der Waals surface area contributed by atoms with E-state index >= 15 is 0 Å². The molecule has 0 saturated carbocycles. The Balaban J connectivity index is 0.00000264. The van der Waals surface area contributed by atoms with E-state index in [1.807, 2.05) is 37.3 Å². The first-order valence-corrected chi connectivity index (χ1v) is 8.15. The maximum absolute atomic E-state index is 12.0. The van der Waals surface area contributed by atoms with Crippen molar-refractivity contribution in [2.75, 3.05) is 6.61 Å². The Morgan fingerprint density at radius 3 is 2.65 bits per heavy atom. The highest BCUT2D eigenvalue weighted by atomic mass is 79.9. The Kier molecular flexibility index (Phi) is 8.31. The van der Waals surface area contributed by atoms with Crippen LogP contribution in [0, 0.1) is 0 Å². The van der Waals surface area contributed by atoms with E-state index in [1.54, 1.807) is 6.07 Å². The predicted octanol–water partition coefficient (Wildman–Crippen LogP) is 4.90. The van der Waals surface area contributed by atoms with Gasteiger partial charge in [-0.25, -0.2) is 4.79 Å². The molecule has 0 heterocycles. The van der Waals surface area contributed by atoms with E-state index in [9.17, 15) is 4.79 Å². The molecule has 0 bridgehead atoms. The number of carbonyl (C=O) groups excluding carboxylic acids is 1. The maximum Gasteiger partial charge on any atom is 0.338 e. The van der Waals surface area contributed by atoms with Gasteiger partial charge in [-0.05, 0) is 43.2 Å². The molecule has 0 aliphatic carbocycles. The molecule has 0 radical (unpaired) electrons. The molecule has 2 aromatic rings. The molecular formula is C18H21BrClNO2. The van der Waals surface area contributed by atoms with E-state index in [1.165, 1.54) is 5.56 Å². The van der Waals surface area contributed by atoms with Crippen LogP contribution in [-0.4, -0.2) is 12.6 Å². The highest BCUT2D eigenvalue weighted by molar-refractivity contribution is 9.10. The van der Waals surface area contributed by atoms with E-state index in [4.69, 9.17) is 4.74 Å². The van der Waals surface area contributed by atoms with Crippen molar-refractivity contribution in [3.63, 3.8) is 0 Å². The van der Waals surface area contributed by atoms with Crippen molar-refractivity contribution in [2.45, 2.75) is 26.4 Å². The van der Waals surface area contributed by atoms with Crippen LogP contribution in [0.15, 0.2) is 53.0 Å². The molecule has 23 heavy (non-hydrogen) atoms. The second-order valence-corrected chi connectivity index (χ2v) is 5.95. The monoisotopic (exact) mass is 397 g/mol. The van der Waals surface area contributed by atoms with Crippen molar-refractivity contribution in [2.24, 2.45) is 0 Å². The summed E-state index contributed by atoms with van der Waals surface area (Å²) >= 11 is 3.49. The van der Waals surface area contributed by atoms with Crippen LogP contribution in [0.2, 0.25) is 0 Å². The van der Waals surface area contributed by atoms with Gasteiger partial charge in [-0.15, -0.1) is 12.4 Å². The molecule has 0 saturated heterocycles. The van der Waals surface area contributed by atoms with Gasteiger partial charge >= 0.3 is 5.97 Å². The third-order valence-electron chi connectivity index (χ3n) is 3.46. The van der Waals surface area contributed by atoms with Gasteiger partial charge in [0, 0.05) is 17.1 Å². The van der Waals surface area contributed by atoms with E-state index < -0.39 is 0 Å². The van der Waals surface area contributed by atoms with Crippen molar-refractivity contribution in [1.29, 1.82) is 0 Å². The van der Waals surface area contributed by atoms with Crippen molar-refractivity contribution < 1.29 is 9.53 Å². The lowest BCUT2D eigenvalue weighted by Gasteiger charge is -2.16. The molecule has 1 atom stereocenters. The fraction of sp³-hybridized carbons (Fsp3) is 0.278. The largest absolute Gasteiger partial charge is 0.462 e. The summed E-state index contributed by atoms with van der Waals surface area (Å²) in [4.78, 5) is 12.0. The van der Waals surface area contributed by atoms with Crippen molar-refractivity contribution in [3.05, 3.63) is 69.7 Å². The lowest BCUT2D eigenvalue weighted by Crippen LogP contribution is -2.20. The average Bonchev–Trinajstić information content (AvgIpc) is 2.53. The third-order valence-corrected chi connectivity index (χ3v) is 3.95. The van der Waals surface area contributed by atoms with Gasteiger partial charge in [-0.2, -0.15) is 0 Å². The first kappa shape index (κ1) is 19.7. The van der Waals surface area contributed by atoms with Crippen molar-refractivity contribution in [3.8, 4) is 0 Å². The maximum atomic E-state index is 12.0. The zero-order valence-corrected chi connectivity index (χ0v) is 15.6. The molecule has 2 aromatic carbocycles. The van der Waals surface area contributed by atoms with Crippen LogP contribution in [-0.2, 0) is 11.3 Å². The number of halogens is 2.